The molecule has 0 aliphatic carbocycles. The molecule has 7 heteroatoms. The fourth-order valence-corrected chi connectivity index (χ4v) is 3.21. The van der Waals surface area contributed by atoms with E-state index in [2.05, 4.69) is 10.3 Å². The summed E-state index contributed by atoms with van der Waals surface area (Å²) in [7, 11) is 0. The average Bonchev–Trinajstić information content (AvgIpc) is 3.14. The van der Waals surface area contributed by atoms with Gasteiger partial charge in [0.15, 0.2) is 16.5 Å². The van der Waals surface area contributed by atoms with Gasteiger partial charge in [-0.15, -0.1) is 11.3 Å². The lowest BCUT2D eigenvalue weighted by Gasteiger charge is -2.18. The molecule has 0 spiro atoms. The third kappa shape index (κ3) is 3.00. The van der Waals surface area contributed by atoms with E-state index < -0.39 is 0 Å². The molecule has 3 aromatic rings. The van der Waals surface area contributed by atoms with Crippen molar-refractivity contribution in [1.82, 2.24) is 14.7 Å². The molecule has 2 aromatic heterocycles. The van der Waals surface area contributed by atoms with E-state index in [9.17, 15) is 4.79 Å². The molecule has 1 aliphatic heterocycles. The Morgan fingerprint density at radius 3 is 3.04 bits per heavy atom. The first kappa shape index (κ1) is 14.1. The molecular weight excluding hydrogens is 314 g/mol. The van der Waals surface area contributed by atoms with E-state index in [-0.39, 0.29) is 12.3 Å². The Morgan fingerprint density at radius 1 is 1.30 bits per heavy atom. The van der Waals surface area contributed by atoms with E-state index in [1.165, 1.54) is 0 Å². The predicted molar refractivity (Wildman–Crippen MR) is 86.1 cm³/mol. The van der Waals surface area contributed by atoms with Crippen LogP contribution in [0.15, 0.2) is 36.0 Å². The van der Waals surface area contributed by atoms with E-state index in [0.717, 1.165) is 27.7 Å². The Bertz CT molecular complexity index is 827. The monoisotopic (exact) mass is 329 g/mol. The fourth-order valence-electron chi connectivity index (χ4n) is 2.49. The lowest BCUT2D eigenvalue weighted by atomic mass is 10.2. The van der Waals surface area contributed by atoms with E-state index in [4.69, 9.17) is 9.47 Å². The van der Waals surface area contributed by atoms with Crippen molar-refractivity contribution in [3.63, 3.8) is 0 Å². The Kier molecular flexibility index (Phi) is 3.63. The van der Waals surface area contributed by atoms with Crippen molar-refractivity contribution in [2.75, 3.05) is 13.2 Å². The molecule has 0 saturated heterocycles. The number of hydrogen-bond donors (Lipinski definition) is 1. The first-order valence-corrected chi connectivity index (χ1v) is 8.22. The zero-order valence-corrected chi connectivity index (χ0v) is 13.1. The van der Waals surface area contributed by atoms with Crippen molar-refractivity contribution < 1.29 is 14.3 Å². The van der Waals surface area contributed by atoms with Crippen LogP contribution in [-0.4, -0.2) is 28.5 Å². The number of nitrogens with one attached hydrogen (secondary N) is 1. The van der Waals surface area contributed by atoms with E-state index in [1.54, 1.807) is 11.3 Å². The molecule has 6 nitrogen and oxygen atoms in total. The fraction of sp³-hybridized carbons (Fsp3) is 0.250. The van der Waals surface area contributed by atoms with Gasteiger partial charge >= 0.3 is 0 Å². The molecule has 0 radical (unpaired) electrons. The summed E-state index contributed by atoms with van der Waals surface area (Å²) in [6, 6.07) is 5.71. The number of aromatic nitrogens is 2. The number of fused-ring (bicyclic) bond motifs is 2. The number of amides is 1. The summed E-state index contributed by atoms with van der Waals surface area (Å²) >= 11 is 1.55. The van der Waals surface area contributed by atoms with E-state index in [0.29, 0.717) is 19.8 Å². The number of ether oxygens (including phenoxy) is 2. The van der Waals surface area contributed by atoms with Gasteiger partial charge in [0.1, 0.15) is 13.2 Å². The topological polar surface area (TPSA) is 64.9 Å². The van der Waals surface area contributed by atoms with Crippen LogP contribution in [0.2, 0.25) is 0 Å². The van der Waals surface area contributed by atoms with Crippen LogP contribution < -0.4 is 14.8 Å². The van der Waals surface area contributed by atoms with Gasteiger partial charge in [0, 0.05) is 24.3 Å². The van der Waals surface area contributed by atoms with Crippen molar-refractivity contribution in [1.29, 1.82) is 0 Å². The minimum absolute atomic E-state index is 0.0503. The zero-order chi connectivity index (χ0) is 15.6. The van der Waals surface area contributed by atoms with Gasteiger partial charge in [-0.1, -0.05) is 6.07 Å². The highest BCUT2D eigenvalue weighted by molar-refractivity contribution is 7.15. The SMILES string of the molecule is O=C(Cc1cn2ccsc2n1)NCc1ccc2c(c1)OCCO2. The number of imidazole rings is 1. The van der Waals surface area contributed by atoms with Crippen LogP contribution in [0.5, 0.6) is 11.5 Å². The second-order valence-electron chi connectivity index (χ2n) is 5.26. The number of carbonyl (C=O) groups is 1. The summed E-state index contributed by atoms with van der Waals surface area (Å²) in [6.07, 6.45) is 4.10. The van der Waals surface area contributed by atoms with Gasteiger partial charge in [0.05, 0.1) is 12.1 Å². The molecule has 0 fully saturated rings. The van der Waals surface area contributed by atoms with Crippen LogP contribution in [0.4, 0.5) is 0 Å². The van der Waals surface area contributed by atoms with Crippen molar-refractivity contribution in [3.8, 4) is 11.5 Å². The van der Waals surface area contributed by atoms with Crippen LogP contribution in [0.3, 0.4) is 0 Å². The summed E-state index contributed by atoms with van der Waals surface area (Å²) in [5.41, 5.74) is 1.75. The highest BCUT2D eigenvalue weighted by Gasteiger charge is 2.12. The zero-order valence-electron chi connectivity index (χ0n) is 12.3. The first-order chi connectivity index (χ1) is 11.3. The average molecular weight is 329 g/mol. The molecule has 1 amide bonds. The van der Waals surface area contributed by atoms with Crippen LogP contribution in [0.1, 0.15) is 11.3 Å². The van der Waals surface area contributed by atoms with Gasteiger partial charge in [0.25, 0.3) is 0 Å². The Labute approximate surface area is 136 Å². The third-order valence-corrected chi connectivity index (χ3v) is 4.35. The van der Waals surface area contributed by atoms with Crippen LogP contribution in [0.25, 0.3) is 4.96 Å². The molecular formula is C16H15N3O3S. The molecule has 1 aliphatic rings. The molecule has 0 saturated carbocycles. The van der Waals surface area contributed by atoms with Gasteiger partial charge in [-0.2, -0.15) is 0 Å². The number of rotatable bonds is 4. The van der Waals surface area contributed by atoms with Crippen molar-refractivity contribution in [2.24, 2.45) is 0 Å². The summed E-state index contributed by atoms with van der Waals surface area (Å²) < 4.78 is 12.9. The van der Waals surface area contributed by atoms with Gasteiger partial charge in [-0.05, 0) is 17.7 Å². The summed E-state index contributed by atoms with van der Waals surface area (Å²) in [5.74, 6) is 1.44. The Hall–Kier alpha value is -2.54. The maximum atomic E-state index is 12.1. The minimum atomic E-state index is -0.0503. The second-order valence-corrected chi connectivity index (χ2v) is 6.13. The highest BCUT2D eigenvalue weighted by Crippen LogP contribution is 2.30. The molecule has 118 valence electrons. The molecule has 0 unspecified atom stereocenters. The Balaban J connectivity index is 1.36. The smallest absolute Gasteiger partial charge is 0.226 e. The Morgan fingerprint density at radius 2 is 2.17 bits per heavy atom. The molecule has 23 heavy (non-hydrogen) atoms. The van der Waals surface area contributed by atoms with Gasteiger partial charge < -0.3 is 14.8 Å². The summed E-state index contributed by atoms with van der Waals surface area (Å²) in [5, 5.41) is 4.88. The third-order valence-electron chi connectivity index (χ3n) is 3.58. The van der Waals surface area contributed by atoms with Crippen molar-refractivity contribution in [2.45, 2.75) is 13.0 Å². The standard InChI is InChI=1S/C16H15N3O3S/c20-15(8-12-10-19-3-6-23-16(19)18-12)17-9-11-1-2-13-14(7-11)22-5-4-21-13/h1-3,6-7,10H,4-5,8-9H2,(H,17,20). The predicted octanol–water partition coefficient (Wildman–Crippen LogP) is 2.03. The first-order valence-electron chi connectivity index (χ1n) is 7.34. The molecule has 1 N–H and O–H groups in total. The lowest BCUT2D eigenvalue weighted by Crippen LogP contribution is -2.25. The second kappa shape index (κ2) is 5.92. The number of thiazole rings is 1. The van der Waals surface area contributed by atoms with Crippen molar-refractivity contribution in [3.05, 3.63) is 47.2 Å². The summed E-state index contributed by atoms with van der Waals surface area (Å²) in [4.78, 5) is 17.4. The van der Waals surface area contributed by atoms with Gasteiger partial charge in [-0.3, -0.25) is 9.20 Å². The minimum Gasteiger partial charge on any atom is -0.486 e. The number of nitrogens with zero attached hydrogens (tertiary/aromatic N) is 2. The molecule has 0 bridgehead atoms. The van der Waals surface area contributed by atoms with Crippen LogP contribution >= 0.6 is 11.3 Å². The largest absolute Gasteiger partial charge is 0.486 e. The maximum Gasteiger partial charge on any atom is 0.226 e. The molecule has 1 aromatic carbocycles. The van der Waals surface area contributed by atoms with E-state index >= 15 is 0 Å². The van der Waals surface area contributed by atoms with E-state index in [1.807, 2.05) is 40.4 Å². The highest BCUT2D eigenvalue weighted by atomic mass is 32.1. The molecule has 0 atom stereocenters. The normalized spacial score (nSPS) is 13.2. The number of hydrogen-bond acceptors (Lipinski definition) is 5. The molecule has 3 heterocycles. The van der Waals surface area contributed by atoms with Gasteiger partial charge in [-0.25, -0.2) is 4.98 Å². The number of benzene rings is 1. The summed E-state index contributed by atoms with van der Waals surface area (Å²) in [6.45, 7) is 1.59. The van der Waals surface area contributed by atoms with Crippen molar-refractivity contribution >= 4 is 22.2 Å². The lowest BCUT2D eigenvalue weighted by molar-refractivity contribution is -0.120. The quantitative estimate of drug-likeness (QED) is 0.795. The molecule has 4 rings (SSSR count). The van der Waals surface area contributed by atoms with Crippen LogP contribution in [-0.2, 0) is 17.8 Å². The maximum absolute atomic E-state index is 12.1. The number of carbonyl (C=O) groups excluding carboxylic acids is 1. The van der Waals surface area contributed by atoms with Crippen LogP contribution in [0, 0.1) is 0 Å². The van der Waals surface area contributed by atoms with Gasteiger partial charge in [0.2, 0.25) is 5.91 Å².